The SMILES string of the molecule is Cc1cc(C)c(C(NN)c2ccc(F)cc2I)cc1C. The average molecular weight is 384 g/mol. The number of hydrogen-bond donors (Lipinski definition) is 2. The molecule has 0 fully saturated rings. The van der Waals surface area contributed by atoms with Crippen molar-refractivity contribution in [3.8, 4) is 0 Å². The van der Waals surface area contributed by atoms with Crippen LogP contribution in [0.15, 0.2) is 30.3 Å². The Hall–Kier alpha value is -0.980. The maximum atomic E-state index is 13.3. The van der Waals surface area contributed by atoms with Crippen LogP contribution in [-0.2, 0) is 0 Å². The lowest BCUT2D eigenvalue weighted by atomic mass is 9.92. The zero-order chi connectivity index (χ0) is 14.9. The molecule has 2 rings (SSSR count). The number of hydrogen-bond acceptors (Lipinski definition) is 2. The van der Waals surface area contributed by atoms with Gasteiger partial charge >= 0.3 is 0 Å². The quantitative estimate of drug-likeness (QED) is 0.479. The Bertz CT molecular complexity index is 641. The zero-order valence-corrected chi connectivity index (χ0v) is 14.0. The number of hydrazine groups is 1. The summed E-state index contributed by atoms with van der Waals surface area (Å²) in [6.45, 7) is 6.25. The molecule has 0 aliphatic carbocycles. The van der Waals surface area contributed by atoms with Crippen LogP contribution in [0.3, 0.4) is 0 Å². The van der Waals surface area contributed by atoms with Crippen molar-refractivity contribution in [3.05, 3.63) is 67.5 Å². The van der Waals surface area contributed by atoms with Gasteiger partial charge in [0.2, 0.25) is 0 Å². The lowest BCUT2D eigenvalue weighted by Gasteiger charge is -2.21. The summed E-state index contributed by atoms with van der Waals surface area (Å²) in [5.41, 5.74) is 8.63. The Kier molecular flexibility index (Phi) is 4.78. The lowest BCUT2D eigenvalue weighted by molar-refractivity contribution is 0.611. The van der Waals surface area contributed by atoms with E-state index in [0.29, 0.717) is 0 Å². The number of nitrogens with one attached hydrogen (secondary N) is 1. The van der Waals surface area contributed by atoms with Crippen LogP contribution in [0.1, 0.15) is 33.9 Å². The third kappa shape index (κ3) is 3.02. The highest BCUT2D eigenvalue weighted by Crippen LogP contribution is 2.29. The van der Waals surface area contributed by atoms with Crippen LogP contribution < -0.4 is 11.3 Å². The van der Waals surface area contributed by atoms with Crippen molar-refractivity contribution >= 4 is 22.6 Å². The molecule has 0 radical (unpaired) electrons. The van der Waals surface area contributed by atoms with Crippen LogP contribution >= 0.6 is 22.6 Å². The zero-order valence-electron chi connectivity index (χ0n) is 11.8. The van der Waals surface area contributed by atoms with E-state index in [1.165, 1.54) is 28.8 Å². The molecule has 0 heterocycles. The molecule has 2 nitrogen and oxygen atoms in total. The van der Waals surface area contributed by atoms with E-state index in [0.717, 1.165) is 14.7 Å². The average Bonchev–Trinajstić information content (AvgIpc) is 2.38. The van der Waals surface area contributed by atoms with Gasteiger partial charge in [-0.05, 0) is 83.3 Å². The third-order valence-electron chi connectivity index (χ3n) is 3.63. The smallest absolute Gasteiger partial charge is 0.124 e. The maximum absolute atomic E-state index is 13.3. The number of benzene rings is 2. The van der Waals surface area contributed by atoms with Gasteiger partial charge < -0.3 is 0 Å². The Balaban J connectivity index is 2.55. The molecular formula is C16H18FIN2. The molecule has 1 atom stereocenters. The van der Waals surface area contributed by atoms with Gasteiger partial charge in [-0.25, -0.2) is 9.82 Å². The van der Waals surface area contributed by atoms with Gasteiger partial charge in [0.1, 0.15) is 5.82 Å². The molecule has 106 valence electrons. The summed E-state index contributed by atoms with van der Waals surface area (Å²) in [7, 11) is 0. The van der Waals surface area contributed by atoms with E-state index in [2.05, 4.69) is 60.9 Å². The molecule has 0 bridgehead atoms. The van der Waals surface area contributed by atoms with Crippen LogP contribution in [0.25, 0.3) is 0 Å². The molecule has 2 aromatic rings. The van der Waals surface area contributed by atoms with E-state index >= 15 is 0 Å². The molecule has 2 aromatic carbocycles. The van der Waals surface area contributed by atoms with Gasteiger partial charge in [0.25, 0.3) is 0 Å². The molecule has 20 heavy (non-hydrogen) atoms. The summed E-state index contributed by atoms with van der Waals surface area (Å²) >= 11 is 2.14. The first-order valence-corrected chi connectivity index (χ1v) is 7.50. The molecule has 0 amide bonds. The fourth-order valence-corrected chi connectivity index (χ4v) is 3.17. The van der Waals surface area contributed by atoms with Gasteiger partial charge in [0.05, 0.1) is 6.04 Å². The van der Waals surface area contributed by atoms with Crippen molar-refractivity contribution < 1.29 is 4.39 Å². The van der Waals surface area contributed by atoms with Gasteiger partial charge in [-0.2, -0.15) is 0 Å². The highest BCUT2D eigenvalue weighted by Gasteiger charge is 2.18. The van der Waals surface area contributed by atoms with Crippen LogP contribution in [0.4, 0.5) is 4.39 Å². The summed E-state index contributed by atoms with van der Waals surface area (Å²) in [4.78, 5) is 0. The maximum Gasteiger partial charge on any atom is 0.124 e. The van der Waals surface area contributed by atoms with E-state index in [4.69, 9.17) is 5.84 Å². The minimum Gasteiger partial charge on any atom is -0.271 e. The van der Waals surface area contributed by atoms with Gasteiger partial charge in [-0.3, -0.25) is 5.84 Å². The molecule has 0 aromatic heterocycles. The Morgan fingerprint density at radius 1 is 1.00 bits per heavy atom. The Labute approximate surface area is 132 Å². The number of halogens is 2. The molecule has 0 aliphatic heterocycles. The highest BCUT2D eigenvalue weighted by atomic mass is 127. The molecule has 0 saturated heterocycles. The van der Waals surface area contributed by atoms with Gasteiger partial charge in [-0.1, -0.05) is 18.2 Å². The van der Waals surface area contributed by atoms with Crippen molar-refractivity contribution in [3.63, 3.8) is 0 Å². The summed E-state index contributed by atoms with van der Waals surface area (Å²) in [5.74, 6) is 5.52. The van der Waals surface area contributed by atoms with Crippen molar-refractivity contribution in [1.82, 2.24) is 5.43 Å². The number of rotatable bonds is 3. The van der Waals surface area contributed by atoms with Crippen molar-refractivity contribution in [2.75, 3.05) is 0 Å². The third-order valence-corrected chi connectivity index (χ3v) is 4.57. The Morgan fingerprint density at radius 3 is 2.25 bits per heavy atom. The molecule has 0 aliphatic rings. The number of aryl methyl sites for hydroxylation is 3. The summed E-state index contributed by atoms with van der Waals surface area (Å²) < 4.78 is 14.1. The monoisotopic (exact) mass is 384 g/mol. The van der Waals surface area contributed by atoms with Gasteiger partial charge in [0, 0.05) is 3.57 Å². The molecule has 1 unspecified atom stereocenters. The summed E-state index contributed by atoms with van der Waals surface area (Å²) in [5, 5.41) is 0. The first-order valence-electron chi connectivity index (χ1n) is 6.43. The highest BCUT2D eigenvalue weighted by molar-refractivity contribution is 14.1. The minimum absolute atomic E-state index is 0.137. The first kappa shape index (κ1) is 15.4. The second-order valence-electron chi connectivity index (χ2n) is 5.06. The van der Waals surface area contributed by atoms with Gasteiger partial charge in [-0.15, -0.1) is 0 Å². The van der Waals surface area contributed by atoms with Gasteiger partial charge in [0.15, 0.2) is 0 Å². The van der Waals surface area contributed by atoms with Crippen molar-refractivity contribution in [1.29, 1.82) is 0 Å². The Morgan fingerprint density at radius 2 is 1.65 bits per heavy atom. The topological polar surface area (TPSA) is 38.0 Å². The molecule has 0 spiro atoms. The second-order valence-corrected chi connectivity index (χ2v) is 6.22. The van der Waals surface area contributed by atoms with E-state index < -0.39 is 0 Å². The normalized spacial score (nSPS) is 12.5. The standard InChI is InChI=1S/C16H18FIN2/c1-9-6-11(3)14(7-10(9)2)16(20-19)13-5-4-12(17)8-15(13)18/h4-8,16,20H,19H2,1-3H3. The molecule has 0 saturated carbocycles. The minimum atomic E-state index is -0.231. The van der Waals surface area contributed by atoms with Crippen molar-refractivity contribution in [2.24, 2.45) is 5.84 Å². The second kappa shape index (κ2) is 6.20. The lowest BCUT2D eigenvalue weighted by Crippen LogP contribution is -2.30. The predicted octanol–water partition coefficient (Wildman–Crippen LogP) is 3.91. The summed E-state index contributed by atoms with van der Waals surface area (Å²) in [6.07, 6.45) is 0. The summed E-state index contributed by atoms with van der Waals surface area (Å²) in [6, 6.07) is 8.95. The van der Waals surface area contributed by atoms with Crippen LogP contribution in [0.5, 0.6) is 0 Å². The molecule has 4 heteroatoms. The fraction of sp³-hybridized carbons (Fsp3) is 0.250. The molecular weight excluding hydrogens is 366 g/mol. The van der Waals surface area contributed by atoms with Crippen LogP contribution in [-0.4, -0.2) is 0 Å². The van der Waals surface area contributed by atoms with E-state index in [9.17, 15) is 4.39 Å². The fourth-order valence-electron chi connectivity index (χ4n) is 2.38. The number of nitrogens with two attached hydrogens (primary N) is 1. The van der Waals surface area contributed by atoms with E-state index in [1.807, 2.05) is 0 Å². The van der Waals surface area contributed by atoms with E-state index in [-0.39, 0.29) is 11.9 Å². The molecule has 3 N–H and O–H groups in total. The van der Waals surface area contributed by atoms with E-state index in [1.54, 1.807) is 6.07 Å². The van der Waals surface area contributed by atoms with Crippen LogP contribution in [0.2, 0.25) is 0 Å². The first-order chi connectivity index (χ1) is 9.43. The van der Waals surface area contributed by atoms with Crippen molar-refractivity contribution in [2.45, 2.75) is 26.8 Å². The predicted molar refractivity (Wildman–Crippen MR) is 88.9 cm³/mol. The van der Waals surface area contributed by atoms with Crippen LogP contribution in [0, 0.1) is 30.2 Å². The largest absolute Gasteiger partial charge is 0.271 e.